The van der Waals surface area contributed by atoms with Gasteiger partial charge in [0.25, 0.3) is 0 Å². The van der Waals surface area contributed by atoms with Gasteiger partial charge in [-0.2, -0.15) is 5.10 Å². The number of nitrogens with zero attached hydrogens (tertiary/aromatic N) is 2. The normalized spacial score (nSPS) is 34.4. The Labute approximate surface area is 126 Å². The molecular formula is C14H20Br2N2. The van der Waals surface area contributed by atoms with Crippen LogP contribution in [0.15, 0.2) is 4.47 Å². The van der Waals surface area contributed by atoms with Crippen LogP contribution >= 0.6 is 31.9 Å². The third-order valence-corrected chi connectivity index (χ3v) is 7.30. The molecule has 0 spiro atoms. The molecule has 0 amide bonds. The van der Waals surface area contributed by atoms with Gasteiger partial charge in [-0.3, -0.25) is 4.68 Å². The van der Waals surface area contributed by atoms with Crippen molar-refractivity contribution in [3.05, 3.63) is 15.9 Å². The predicted molar refractivity (Wildman–Crippen MR) is 81.0 cm³/mol. The van der Waals surface area contributed by atoms with Crippen molar-refractivity contribution >= 4 is 31.9 Å². The Morgan fingerprint density at radius 1 is 1.44 bits per heavy atom. The fourth-order valence-corrected chi connectivity index (χ4v) is 5.55. The third-order valence-electron chi connectivity index (χ3n) is 5.15. The zero-order chi connectivity index (χ0) is 12.9. The van der Waals surface area contributed by atoms with E-state index in [1.807, 2.05) is 0 Å². The Bertz CT molecular complexity index is 469. The number of hydrogen-bond donors (Lipinski definition) is 0. The van der Waals surface area contributed by atoms with Crippen LogP contribution in [0.5, 0.6) is 0 Å². The van der Waals surface area contributed by atoms with Gasteiger partial charge in [0.05, 0.1) is 15.9 Å². The second-order valence-electron chi connectivity index (χ2n) is 6.22. The minimum atomic E-state index is 0.478. The Morgan fingerprint density at radius 3 is 2.67 bits per heavy atom. The molecule has 2 aliphatic carbocycles. The number of halogens is 2. The molecule has 2 fully saturated rings. The standard InChI is InChI=1S/C14H20Br2N2/c1-9-13(16)12(18(2)17-9)7-14(8-15)6-10-3-4-11(14)5-10/h10-11H,3-8H2,1-2H3. The van der Waals surface area contributed by atoms with Gasteiger partial charge < -0.3 is 0 Å². The van der Waals surface area contributed by atoms with E-state index in [0.29, 0.717) is 5.41 Å². The summed E-state index contributed by atoms with van der Waals surface area (Å²) in [6, 6.07) is 0. The van der Waals surface area contributed by atoms with Gasteiger partial charge in [-0.15, -0.1) is 0 Å². The molecule has 100 valence electrons. The molecular weight excluding hydrogens is 356 g/mol. The van der Waals surface area contributed by atoms with E-state index in [4.69, 9.17) is 0 Å². The van der Waals surface area contributed by atoms with Crippen LogP contribution < -0.4 is 0 Å². The molecule has 4 heteroatoms. The predicted octanol–water partition coefficient (Wildman–Crippen LogP) is 4.23. The molecule has 1 aromatic heterocycles. The minimum Gasteiger partial charge on any atom is -0.271 e. The Hall–Kier alpha value is 0.170. The van der Waals surface area contributed by atoms with Crippen molar-refractivity contribution in [2.24, 2.45) is 24.3 Å². The largest absolute Gasteiger partial charge is 0.271 e. The molecule has 0 saturated heterocycles. The molecule has 18 heavy (non-hydrogen) atoms. The Balaban J connectivity index is 1.91. The topological polar surface area (TPSA) is 17.8 Å². The maximum Gasteiger partial charge on any atom is 0.0738 e. The highest BCUT2D eigenvalue weighted by Gasteiger charge is 2.50. The molecule has 2 saturated carbocycles. The van der Waals surface area contributed by atoms with E-state index >= 15 is 0 Å². The van der Waals surface area contributed by atoms with Gasteiger partial charge in [0, 0.05) is 12.4 Å². The number of rotatable bonds is 3. The van der Waals surface area contributed by atoms with Gasteiger partial charge in [0.15, 0.2) is 0 Å². The van der Waals surface area contributed by atoms with Crippen LogP contribution in [-0.4, -0.2) is 15.1 Å². The van der Waals surface area contributed by atoms with Crippen molar-refractivity contribution in [2.75, 3.05) is 5.33 Å². The average Bonchev–Trinajstić information content (AvgIpc) is 3.00. The quantitative estimate of drug-likeness (QED) is 0.722. The number of alkyl halides is 1. The van der Waals surface area contributed by atoms with Crippen LogP contribution in [0.2, 0.25) is 0 Å². The first kappa shape index (κ1) is 13.2. The van der Waals surface area contributed by atoms with E-state index in [9.17, 15) is 0 Å². The summed E-state index contributed by atoms with van der Waals surface area (Å²) in [6.07, 6.45) is 6.92. The number of aryl methyl sites for hydroxylation is 2. The molecule has 2 bridgehead atoms. The van der Waals surface area contributed by atoms with E-state index in [1.54, 1.807) is 0 Å². The molecule has 0 aliphatic heterocycles. The summed E-state index contributed by atoms with van der Waals surface area (Å²) < 4.78 is 3.28. The first-order valence-electron chi connectivity index (χ1n) is 6.79. The Morgan fingerprint density at radius 2 is 2.22 bits per heavy atom. The highest BCUT2D eigenvalue weighted by molar-refractivity contribution is 9.10. The van der Waals surface area contributed by atoms with Crippen molar-refractivity contribution in [3.8, 4) is 0 Å². The van der Waals surface area contributed by atoms with E-state index in [2.05, 4.69) is 55.6 Å². The lowest BCUT2D eigenvalue weighted by atomic mass is 9.71. The van der Waals surface area contributed by atoms with Crippen LogP contribution in [0, 0.1) is 24.2 Å². The van der Waals surface area contributed by atoms with Crippen LogP contribution in [0.1, 0.15) is 37.1 Å². The first-order valence-corrected chi connectivity index (χ1v) is 8.71. The molecule has 2 nitrogen and oxygen atoms in total. The summed E-state index contributed by atoms with van der Waals surface area (Å²) in [4.78, 5) is 0. The smallest absolute Gasteiger partial charge is 0.0738 e. The zero-order valence-electron chi connectivity index (χ0n) is 11.0. The summed E-state index contributed by atoms with van der Waals surface area (Å²) >= 11 is 7.52. The molecule has 2 aliphatic rings. The molecule has 3 unspecified atom stereocenters. The van der Waals surface area contributed by atoms with Crippen LogP contribution in [-0.2, 0) is 13.5 Å². The molecule has 0 aromatic carbocycles. The summed E-state index contributed by atoms with van der Waals surface area (Å²) in [7, 11) is 2.07. The van der Waals surface area contributed by atoms with E-state index in [1.165, 1.54) is 35.8 Å². The van der Waals surface area contributed by atoms with Crippen molar-refractivity contribution < 1.29 is 0 Å². The maximum atomic E-state index is 4.53. The van der Waals surface area contributed by atoms with Gasteiger partial charge in [-0.05, 0) is 65.8 Å². The lowest BCUT2D eigenvalue weighted by Gasteiger charge is -2.36. The number of fused-ring (bicyclic) bond motifs is 2. The summed E-state index contributed by atoms with van der Waals surface area (Å²) in [5.41, 5.74) is 2.96. The van der Waals surface area contributed by atoms with Gasteiger partial charge in [-0.1, -0.05) is 22.4 Å². The summed E-state index contributed by atoms with van der Waals surface area (Å²) in [5.74, 6) is 1.91. The molecule has 1 heterocycles. The van der Waals surface area contributed by atoms with E-state index < -0.39 is 0 Å². The second-order valence-corrected chi connectivity index (χ2v) is 7.58. The van der Waals surface area contributed by atoms with Crippen molar-refractivity contribution in [3.63, 3.8) is 0 Å². The van der Waals surface area contributed by atoms with Crippen molar-refractivity contribution in [1.29, 1.82) is 0 Å². The fraction of sp³-hybridized carbons (Fsp3) is 0.786. The average molecular weight is 376 g/mol. The highest BCUT2D eigenvalue weighted by atomic mass is 79.9. The summed E-state index contributed by atoms with van der Waals surface area (Å²) in [5, 5.41) is 5.67. The lowest BCUT2D eigenvalue weighted by Crippen LogP contribution is -2.32. The lowest BCUT2D eigenvalue weighted by molar-refractivity contribution is 0.193. The van der Waals surface area contributed by atoms with E-state index in [0.717, 1.165) is 29.3 Å². The molecule has 1 aromatic rings. The Kier molecular flexibility index (Phi) is 3.38. The minimum absolute atomic E-state index is 0.478. The molecule has 3 atom stereocenters. The van der Waals surface area contributed by atoms with Gasteiger partial charge in [-0.25, -0.2) is 0 Å². The van der Waals surface area contributed by atoms with Crippen molar-refractivity contribution in [1.82, 2.24) is 9.78 Å². The second kappa shape index (κ2) is 4.62. The third kappa shape index (κ3) is 1.91. The zero-order valence-corrected chi connectivity index (χ0v) is 14.2. The van der Waals surface area contributed by atoms with E-state index in [-0.39, 0.29) is 0 Å². The monoisotopic (exact) mass is 374 g/mol. The van der Waals surface area contributed by atoms with Gasteiger partial charge in [0.2, 0.25) is 0 Å². The highest BCUT2D eigenvalue weighted by Crippen LogP contribution is 2.58. The van der Waals surface area contributed by atoms with Crippen molar-refractivity contribution in [2.45, 2.75) is 39.0 Å². The van der Waals surface area contributed by atoms with Crippen LogP contribution in [0.25, 0.3) is 0 Å². The van der Waals surface area contributed by atoms with Gasteiger partial charge >= 0.3 is 0 Å². The first-order chi connectivity index (χ1) is 8.55. The van der Waals surface area contributed by atoms with Gasteiger partial charge in [0.1, 0.15) is 0 Å². The fourth-order valence-electron chi connectivity index (χ4n) is 4.19. The van der Waals surface area contributed by atoms with Crippen LogP contribution in [0.3, 0.4) is 0 Å². The summed E-state index contributed by atoms with van der Waals surface area (Å²) in [6.45, 7) is 2.08. The van der Waals surface area contributed by atoms with Crippen LogP contribution in [0.4, 0.5) is 0 Å². The molecule has 0 N–H and O–H groups in total. The number of aromatic nitrogens is 2. The maximum absolute atomic E-state index is 4.53. The molecule has 3 rings (SSSR count). The number of hydrogen-bond acceptors (Lipinski definition) is 1. The molecule has 0 radical (unpaired) electrons. The SMILES string of the molecule is Cc1nn(C)c(CC2(CBr)CC3CCC2C3)c1Br.